The van der Waals surface area contributed by atoms with Crippen LogP contribution in [0.5, 0.6) is 0 Å². The van der Waals surface area contributed by atoms with Crippen molar-refractivity contribution in [2.24, 2.45) is 11.8 Å². The molecule has 0 N–H and O–H groups in total. The molecule has 0 radical (unpaired) electrons. The fourth-order valence-corrected chi connectivity index (χ4v) is 3.22. The van der Waals surface area contributed by atoms with E-state index in [1.54, 1.807) is 0 Å². The summed E-state index contributed by atoms with van der Waals surface area (Å²) in [5, 5.41) is 0. The van der Waals surface area contributed by atoms with Crippen molar-refractivity contribution < 1.29 is 4.79 Å². The first-order valence-electron chi connectivity index (χ1n) is 7.23. The average Bonchev–Trinajstić information content (AvgIpc) is 2.52. The van der Waals surface area contributed by atoms with Gasteiger partial charge in [-0.15, -0.1) is 0 Å². The predicted octanol–water partition coefficient (Wildman–Crippen LogP) is 2.51. The van der Waals surface area contributed by atoms with Crippen LogP contribution in [0, 0.1) is 11.8 Å². The van der Waals surface area contributed by atoms with Gasteiger partial charge in [0, 0.05) is 31.2 Å². The van der Waals surface area contributed by atoms with Crippen LogP contribution >= 0.6 is 0 Å². The van der Waals surface area contributed by atoms with Crippen molar-refractivity contribution in [1.82, 2.24) is 4.90 Å². The summed E-state index contributed by atoms with van der Waals surface area (Å²) in [4.78, 5) is 17.0. The van der Waals surface area contributed by atoms with Crippen molar-refractivity contribution in [1.29, 1.82) is 0 Å². The van der Waals surface area contributed by atoms with Crippen molar-refractivity contribution in [3.63, 3.8) is 0 Å². The number of carbonyl (C=O) groups is 1. The highest BCUT2D eigenvalue weighted by Gasteiger charge is 2.35. The van der Waals surface area contributed by atoms with Gasteiger partial charge in [0.2, 0.25) is 5.91 Å². The van der Waals surface area contributed by atoms with Gasteiger partial charge in [0.25, 0.3) is 0 Å². The topological polar surface area (TPSA) is 23.6 Å². The molecule has 19 heavy (non-hydrogen) atoms. The van der Waals surface area contributed by atoms with Gasteiger partial charge < -0.3 is 9.80 Å². The SMILES string of the molecule is CC1CC(C(=O)N2CCN(C)Cc3ccccc32)C1. The Labute approximate surface area is 115 Å². The first-order chi connectivity index (χ1) is 9.15. The van der Waals surface area contributed by atoms with Crippen molar-refractivity contribution >= 4 is 11.6 Å². The molecule has 0 saturated heterocycles. The van der Waals surface area contributed by atoms with E-state index in [4.69, 9.17) is 0 Å². The normalized spacial score (nSPS) is 27.4. The number of hydrogen-bond donors (Lipinski definition) is 0. The highest BCUT2D eigenvalue weighted by Crippen LogP contribution is 2.36. The third-order valence-electron chi connectivity index (χ3n) is 4.42. The quantitative estimate of drug-likeness (QED) is 0.772. The number of anilines is 1. The van der Waals surface area contributed by atoms with Gasteiger partial charge in [0.15, 0.2) is 0 Å². The molecule has 3 rings (SSSR count). The Morgan fingerprint density at radius 1 is 1.21 bits per heavy atom. The minimum atomic E-state index is 0.256. The molecule has 1 saturated carbocycles. The molecule has 0 unspecified atom stereocenters. The van der Waals surface area contributed by atoms with E-state index in [1.807, 2.05) is 11.0 Å². The van der Waals surface area contributed by atoms with E-state index in [2.05, 4.69) is 37.1 Å². The van der Waals surface area contributed by atoms with Crippen LogP contribution in [0.15, 0.2) is 24.3 Å². The maximum absolute atomic E-state index is 12.7. The first kappa shape index (κ1) is 12.7. The molecule has 0 aromatic heterocycles. The number of fused-ring (bicyclic) bond motifs is 1. The summed E-state index contributed by atoms with van der Waals surface area (Å²) in [7, 11) is 2.12. The molecular weight excluding hydrogens is 236 g/mol. The van der Waals surface area contributed by atoms with Gasteiger partial charge in [-0.05, 0) is 37.4 Å². The molecule has 1 aromatic carbocycles. The van der Waals surface area contributed by atoms with Crippen LogP contribution in [0.3, 0.4) is 0 Å². The lowest BCUT2D eigenvalue weighted by molar-refractivity contribution is -0.126. The van der Waals surface area contributed by atoms with Gasteiger partial charge in [-0.1, -0.05) is 25.1 Å². The molecular formula is C16H22N2O. The van der Waals surface area contributed by atoms with E-state index in [1.165, 1.54) is 5.56 Å². The summed E-state index contributed by atoms with van der Waals surface area (Å²) in [6, 6.07) is 8.33. The predicted molar refractivity (Wildman–Crippen MR) is 77.0 cm³/mol. The monoisotopic (exact) mass is 258 g/mol. The second-order valence-electron chi connectivity index (χ2n) is 6.13. The third-order valence-corrected chi connectivity index (χ3v) is 4.42. The lowest BCUT2D eigenvalue weighted by Gasteiger charge is -2.36. The average molecular weight is 258 g/mol. The molecule has 1 heterocycles. The fraction of sp³-hybridized carbons (Fsp3) is 0.562. The standard InChI is InChI=1S/C16H22N2O/c1-12-9-14(10-12)16(19)18-8-7-17(2)11-13-5-3-4-6-15(13)18/h3-6,12,14H,7-11H2,1-2H3. The molecule has 1 amide bonds. The second kappa shape index (κ2) is 4.97. The number of nitrogens with zero attached hydrogens (tertiary/aromatic N) is 2. The number of likely N-dealkylation sites (N-methyl/N-ethyl adjacent to an activating group) is 1. The molecule has 0 bridgehead atoms. The van der Waals surface area contributed by atoms with Gasteiger partial charge in [-0.25, -0.2) is 0 Å². The molecule has 0 atom stereocenters. The van der Waals surface area contributed by atoms with E-state index in [0.717, 1.165) is 44.1 Å². The van der Waals surface area contributed by atoms with E-state index in [-0.39, 0.29) is 5.92 Å². The zero-order valence-corrected chi connectivity index (χ0v) is 11.8. The first-order valence-corrected chi connectivity index (χ1v) is 7.23. The van der Waals surface area contributed by atoms with Crippen LogP contribution in [-0.4, -0.2) is 30.9 Å². The van der Waals surface area contributed by atoms with Gasteiger partial charge in [-0.2, -0.15) is 0 Å². The Hall–Kier alpha value is -1.35. The van der Waals surface area contributed by atoms with Crippen LogP contribution in [0.2, 0.25) is 0 Å². The Morgan fingerprint density at radius 2 is 1.95 bits per heavy atom. The number of hydrogen-bond acceptors (Lipinski definition) is 2. The fourth-order valence-electron chi connectivity index (χ4n) is 3.22. The van der Waals surface area contributed by atoms with Crippen LogP contribution in [-0.2, 0) is 11.3 Å². The smallest absolute Gasteiger partial charge is 0.230 e. The van der Waals surface area contributed by atoms with E-state index >= 15 is 0 Å². The van der Waals surface area contributed by atoms with Crippen LogP contribution in [0.4, 0.5) is 5.69 Å². The third kappa shape index (κ3) is 2.39. The van der Waals surface area contributed by atoms with Gasteiger partial charge in [0.05, 0.1) is 0 Å². The molecule has 2 aliphatic rings. The number of para-hydroxylation sites is 1. The van der Waals surface area contributed by atoms with Gasteiger partial charge in [0.1, 0.15) is 0 Å². The summed E-state index contributed by atoms with van der Waals surface area (Å²) in [5.74, 6) is 1.31. The molecule has 0 spiro atoms. The lowest BCUT2D eigenvalue weighted by Crippen LogP contribution is -2.43. The minimum absolute atomic E-state index is 0.256. The Bertz CT molecular complexity index is 479. The number of benzene rings is 1. The van der Waals surface area contributed by atoms with Crippen LogP contribution in [0.25, 0.3) is 0 Å². The summed E-state index contributed by atoms with van der Waals surface area (Å²) in [5.41, 5.74) is 2.39. The minimum Gasteiger partial charge on any atom is -0.311 e. The molecule has 1 fully saturated rings. The van der Waals surface area contributed by atoms with Crippen molar-refractivity contribution in [2.45, 2.75) is 26.3 Å². The van der Waals surface area contributed by atoms with Crippen molar-refractivity contribution in [3.8, 4) is 0 Å². The summed E-state index contributed by atoms with van der Waals surface area (Å²) in [6.07, 6.45) is 2.13. The number of rotatable bonds is 1. The molecule has 1 aliphatic carbocycles. The van der Waals surface area contributed by atoms with E-state index in [9.17, 15) is 4.79 Å². The molecule has 1 aliphatic heterocycles. The van der Waals surface area contributed by atoms with E-state index < -0.39 is 0 Å². The molecule has 3 nitrogen and oxygen atoms in total. The molecule has 3 heteroatoms. The lowest BCUT2D eigenvalue weighted by atomic mass is 9.75. The maximum atomic E-state index is 12.7. The van der Waals surface area contributed by atoms with Crippen LogP contribution in [0.1, 0.15) is 25.3 Å². The number of carbonyl (C=O) groups excluding carboxylic acids is 1. The summed E-state index contributed by atoms with van der Waals surface area (Å²) >= 11 is 0. The zero-order chi connectivity index (χ0) is 13.4. The molecule has 1 aromatic rings. The van der Waals surface area contributed by atoms with Crippen molar-refractivity contribution in [3.05, 3.63) is 29.8 Å². The Kier molecular flexibility index (Phi) is 3.31. The van der Waals surface area contributed by atoms with E-state index in [0.29, 0.717) is 5.91 Å². The largest absolute Gasteiger partial charge is 0.311 e. The Morgan fingerprint density at radius 3 is 2.68 bits per heavy atom. The molecule has 102 valence electrons. The van der Waals surface area contributed by atoms with Crippen molar-refractivity contribution in [2.75, 3.05) is 25.0 Å². The summed E-state index contributed by atoms with van der Waals surface area (Å²) in [6.45, 7) is 4.93. The highest BCUT2D eigenvalue weighted by molar-refractivity contribution is 5.96. The second-order valence-corrected chi connectivity index (χ2v) is 6.13. The summed E-state index contributed by atoms with van der Waals surface area (Å²) < 4.78 is 0. The Balaban J connectivity index is 1.86. The zero-order valence-electron chi connectivity index (χ0n) is 11.8. The van der Waals surface area contributed by atoms with Gasteiger partial charge >= 0.3 is 0 Å². The number of amides is 1. The van der Waals surface area contributed by atoms with Gasteiger partial charge in [-0.3, -0.25) is 4.79 Å². The van der Waals surface area contributed by atoms with Crippen LogP contribution < -0.4 is 4.90 Å². The highest BCUT2D eigenvalue weighted by atomic mass is 16.2. The maximum Gasteiger partial charge on any atom is 0.230 e.